The molecular weight excluding hydrogens is 231 g/mol. The number of benzene rings is 1. The molecule has 1 heterocycles. The van der Waals surface area contributed by atoms with Crippen LogP contribution in [-0.2, 0) is 0 Å². The first kappa shape index (κ1) is 13.3. The summed E-state index contributed by atoms with van der Waals surface area (Å²) in [6, 6.07) is 4.74. The summed E-state index contributed by atoms with van der Waals surface area (Å²) in [7, 11) is 0. The minimum Gasteiger partial charge on any atom is -0.394 e. The Balaban J connectivity index is 2.42. The lowest BCUT2D eigenvalue weighted by Gasteiger charge is -2.30. The van der Waals surface area contributed by atoms with Gasteiger partial charge in [-0.2, -0.15) is 0 Å². The van der Waals surface area contributed by atoms with Crippen molar-refractivity contribution in [2.45, 2.75) is 32.4 Å². The number of nitrogens with zero attached hydrogens (tertiary/aromatic N) is 1. The topological polar surface area (TPSA) is 49.5 Å². The quantitative estimate of drug-likeness (QED) is 0.865. The van der Waals surface area contributed by atoms with Crippen LogP contribution in [-0.4, -0.2) is 24.3 Å². The molecule has 0 radical (unpaired) electrons. The molecule has 0 amide bonds. The largest absolute Gasteiger partial charge is 0.394 e. The second-order valence-electron chi connectivity index (χ2n) is 5.17. The Labute approximate surface area is 107 Å². The number of anilines is 1. The number of aliphatic hydroxyl groups is 1. The van der Waals surface area contributed by atoms with Crippen molar-refractivity contribution in [1.82, 2.24) is 0 Å². The second kappa shape index (κ2) is 5.24. The van der Waals surface area contributed by atoms with E-state index in [-0.39, 0.29) is 24.5 Å². The van der Waals surface area contributed by atoms with E-state index in [0.29, 0.717) is 11.5 Å². The van der Waals surface area contributed by atoms with Crippen molar-refractivity contribution < 1.29 is 9.50 Å². The fourth-order valence-corrected chi connectivity index (χ4v) is 2.81. The lowest BCUT2D eigenvalue weighted by molar-refractivity contribution is 0.244. The average Bonchev–Trinajstić information content (AvgIpc) is 2.69. The predicted molar refractivity (Wildman–Crippen MR) is 71.0 cm³/mol. The summed E-state index contributed by atoms with van der Waals surface area (Å²) >= 11 is 0. The average molecular weight is 252 g/mol. The van der Waals surface area contributed by atoms with Crippen LogP contribution >= 0.6 is 0 Å². The summed E-state index contributed by atoms with van der Waals surface area (Å²) < 4.78 is 13.9. The van der Waals surface area contributed by atoms with Crippen molar-refractivity contribution in [3.63, 3.8) is 0 Å². The minimum atomic E-state index is -0.351. The van der Waals surface area contributed by atoms with Gasteiger partial charge >= 0.3 is 0 Å². The standard InChI is InChI=1S/C14H21FN2O/c1-9-6-7-17(13(9)8-18)12-5-3-4-11(15)14(12)10(2)16/h3-5,9-10,13,18H,6-8,16H2,1-2H3/t9?,10-,13?/m0/s1. The molecule has 1 aromatic rings. The molecule has 3 N–H and O–H groups in total. The summed E-state index contributed by atoms with van der Waals surface area (Å²) in [6.45, 7) is 4.84. The van der Waals surface area contributed by atoms with Crippen molar-refractivity contribution in [1.29, 1.82) is 0 Å². The van der Waals surface area contributed by atoms with Gasteiger partial charge in [0.05, 0.1) is 12.6 Å². The van der Waals surface area contributed by atoms with E-state index in [2.05, 4.69) is 11.8 Å². The first-order valence-corrected chi connectivity index (χ1v) is 6.47. The Bertz CT molecular complexity index is 422. The summed E-state index contributed by atoms with van der Waals surface area (Å²) in [5.41, 5.74) is 7.25. The van der Waals surface area contributed by atoms with E-state index < -0.39 is 0 Å². The summed E-state index contributed by atoms with van der Waals surface area (Å²) in [5.74, 6) is 0.151. The van der Waals surface area contributed by atoms with E-state index in [0.717, 1.165) is 18.7 Å². The molecule has 3 atom stereocenters. The van der Waals surface area contributed by atoms with Gasteiger partial charge in [0.2, 0.25) is 0 Å². The Morgan fingerprint density at radius 2 is 2.28 bits per heavy atom. The molecule has 0 aliphatic carbocycles. The van der Waals surface area contributed by atoms with Gasteiger partial charge in [0, 0.05) is 23.8 Å². The van der Waals surface area contributed by atoms with E-state index in [4.69, 9.17) is 5.73 Å². The highest BCUT2D eigenvalue weighted by atomic mass is 19.1. The molecular formula is C14H21FN2O. The molecule has 1 fully saturated rings. The number of nitrogens with two attached hydrogens (primary N) is 1. The Hall–Kier alpha value is -1.13. The molecule has 100 valence electrons. The lowest BCUT2D eigenvalue weighted by atomic mass is 10.0. The summed E-state index contributed by atoms with van der Waals surface area (Å²) in [5, 5.41) is 9.50. The number of hydrogen-bond donors (Lipinski definition) is 2. The maximum atomic E-state index is 13.9. The molecule has 2 unspecified atom stereocenters. The van der Waals surface area contributed by atoms with Gasteiger partial charge in [0.15, 0.2) is 0 Å². The molecule has 3 nitrogen and oxygen atoms in total. The SMILES string of the molecule is CC1CCN(c2cccc(F)c2[C@H](C)N)C1CO. The fourth-order valence-electron chi connectivity index (χ4n) is 2.81. The van der Waals surface area contributed by atoms with Gasteiger partial charge in [-0.1, -0.05) is 13.0 Å². The predicted octanol–water partition coefficient (Wildman–Crippen LogP) is 2.05. The third-order valence-corrected chi connectivity index (χ3v) is 3.86. The molecule has 18 heavy (non-hydrogen) atoms. The zero-order valence-corrected chi connectivity index (χ0v) is 10.9. The lowest BCUT2D eigenvalue weighted by Crippen LogP contribution is -2.36. The normalized spacial score (nSPS) is 25.5. The third-order valence-electron chi connectivity index (χ3n) is 3.86. The molecule has 0 spiro atoms. The fraction of sp³-hybridized carbons (Fsp3) is 0.571. The van der Waals surface area contributed by atoms with Crippen LogP contribution in [0, 0.1) is 11.7 Å². The van der Waals surface area contributed by atoms with Gasteiger partial charge in [-0.25, -0.2) is 4.39 Å². The molecule has 4 heteroatoms. The second-order valence-corrected chi connectivity index (χ2v) is 5.17. The Morgan fingerprint density at radius 1 is 1.56 bits per heavy atom. The van der Waals surface area contributed by atoms with Crippen LogP contribution in [0.15, 0.2) is 18.2 Å². The molecule has 0 bridgehead atoms. The highest BCUT2D eigenvalue weighted by Crippen LogP contribution is 2.34. The van der Waals surface area contributed by atoms with E-state index >= 15 is 0 Å². The third kappa shape index (κ3) is 2.22. The molecule has 1 aromatic carbocycles. The van der Waals surface area contributed by atoms with Crippen LogP contribution in [0.4, 0.5) is 10.1 Å². The summed E-state index contributed by atoms with van der Waals surface area (Å²) in [4.78, 5) is 2.09. The molecule has 0 saturated carbocycles. The Kier molecular flexibility index (Phi) is 3.88. The van der Waals surface area contributed by atoms with Gasteiger partial charge < -0.3 is 15.7 Å². The molecule has 1 saturated heterocycles. The van der Waals surface area contributed by atoms with Crippen LogP contribution < -0.4 is 10.6 Å². The molecule has 1 aliphatic rings. The number of hydrogen-bond acceptors (Lipinski definition) is 3. The van der Waals surface area contributed by atoms with Gasteiger partial charge in [-0.05, 0) is 31.4 Å². The zero-order valence-electron chi connectivity index (χ0n) is 10.9. The van der Waals surface area contributed by atoms with Crippen molar-refractivity contribution in [3.05, 3.63) is 29.6 Å². The van der Waals surface area contributed by atoms with Crippen molar-refractivity contribution >= 4 is 5.69 Å². The van der Waals surface area contributed by atoms with Crippen LogP contribution in [0.3, 0.4) is 0 Å². The van der Waals surface area contributed by atoms with Crippen LogP contribution in [0.2, 0.25) is 0 Å². The summed E-state index contributed by atoms with van der Waals surface area (Å²) in [6.07, 6.45) is 1.01. The minimum absolute atomic E-state index is 0.0595. The monoisotopic (exact) mass is 252 g/mol. The smallest absolute Gasteiger partial charge is 0.130 e. The van der Waals surface area contributed by atoms with E-state index in [1.807, 2.05) is 6.07 Å². The van der Waals surface area contributed by atoms with Crippen molar-refractivity contribution in [3.8, 4) is 0 Å². The van der Waals surface area contributed by atoms with Crippen LogP contribution in [0.1, 0.15) is 31.9 Å². The number of halogens is 1. The van der Waals surface area contributed by atoms with E-state index in [9.17, 15) is 9.50 Å². The van der Waals surface area contributed by atoms with E-state index in [1.54, 1.807) is 13.0 Å². The van der Waals surface area contributed by atoms with Crippen LogP contribution in [0.5, 0.6) is 0 Å². The van der Waals surface area contributed by atoms with Gasteiger partial charge in [-0.15, -0.1) is 0 Å². The van der Waals surface area contributed by atoms with Crippen molar-refractivity contribution in [2.24, 2.45) is 11.7 Å². The number of aliphatic hydroxyl groups excluding tert-OH is 1. The highest BCUT2D eigenvalue weighted by Gasteiger charge is 2.32. The Morgan fingerprint density at radius 3 is 2.89 bits per heavy atom. The zero-order chi connectivity index (χ0) is 13.3. The van der Waals surface area contributed by atoms with Gasteiger partial charge in [-0.3, -0.25) is 0 Å². The molecule has 2 rings (SSSR count). The van der Waals surface area contributed by atoms with Gasteiger partial charge in [0.25, 0.3) is 0 Å². The van der Waals surface area contributed by atoms with Gasteiger partial charge in [0.1, 0.15) is 5.82 Å². The molecule has 0 aromatic heterocycles. The van der Waals surface area contributed by atoms with E-state index in [1.165, 1.54) is 6.07 Å². The maximum absolute atomic E-state index is 13.9. The maximum Gasteiger partial charge on any atom is 0.130 e. The van der Waals surface area contributed by atoms with Crippen molar-refractivity contribution in [2.75, 3.05) is 18.1 Å². The first-order valence-electron chi connectivity index (χ1n) is 6.47. The molecule has 1 aliphatic heterocycles. The first-order chi connectivity index (χ1) is 8.56. The van der Waals surface area contributed by atoms with Crippen LogP contribution in [0.25, 0.3) is 0 Å². The highest BCUT2D eigenvalue weighted by molar-refractivity contribution is 5.57. The number of rotatable bonds is 3.